The van der Waals surface area contributed by atoms with Gasteiger partial charge in [-0.05, 0) is 43.2 Å². The van der Waals surface area contributed by atoms with E-state index in [-0.39, 0.29) is 5.91 Å². The van der Waals surface area contributed by atoms with Gasteiger partial charge in [0.1, 0.15) is 0 Å². The summed E-state index contributed by atoms with van der Waals surface area (Å²) in [6, 6.07) is 9.79. The molecule has 1 N–H and O–H groups in total. The Balaban J connectivity index is 1.79. The first-order valence-corrected chi connectivity index (χ1v) is 8.84. The zero-order valence-corrected chi connectivity index (χ0v) is 16.0. The van der Waals surface area contributed by atoms with Gasteiger partial charge in [0.05, 0.1) is 23.7 Å². The number of carbonyl (C=O) groups excluding carboxylic acids is 1. The van der Waals surface area contributed by atoms with Gasteiger partial charge < -0.3 is 5.32 Å². The molecule has 3 aromatic rings. The van der Waals surface area contributed by atoms with E-state index in [1.807, 2.05) is 44.2 Å². The van der Waals surface area contributed by atoms with Crippen molar-refractivity contribution >= 4 is 33.2 Å². The number of pyridine rings is 1. The third-order valence-electron chi connectivity index (χ3n) is 3.90. The molecule has 5 nitrogen and oxygen atoms in total. The first-order chi connectivity index (χ1) is 12.6. The Kier molecular flexibility index (Phi) is 5.53. The molecular weight excluding hydrogens is 392 g/mol. The molecule has 2 heterocycles. The largest absolute Gasteiger partial charge is 0.305 e. The first-order valence-electron chi connectivity index (χ1n) is 8.05. The molecule has 0 saturated heterocycles. The Labute approximate surface area is 160 Å². The lowest BCUT2D eigenvalue weighted by Crippen LogP contribution is -2.15. The molecule has 0 aliphatic heterocycles. The highest BCUT2D eigenvalue weighted by Gasteiger charge is 2.11. The number of carbonyl (C=O) groups is 1. The van der Waals surface area contributed by atoms with Gasteiger partial charge in [-0.15, -0.1) is 0 Å². The predicted octanol–water partition coefficient (Wildman–Crippen LogP) is 4.65. The second-order valence-electron chi connectivity index (χ2n) is 5.64. The maximum atomic E-state index is 12.3. The molecule has 1 amide bonds. The van der Waals surface area contributed by atoms with Crippen LogP contribution in [-0.4, -0.2) is 20.9 Å². The summed E-state index contributed by atoms with van der Waals surface area (Å²) in [6.45, 7) is 3.82. The highest BCUT2D eigenvalue weighted by Crippen LogP contribution is 2.23. The van der Waals surface area contributed by atoms with Crippen molar-refractivity contribution in [2.24, 2.45) is 0 Å². The lowest BCUT2D eigenvalue weighted by atomic mass is 10.0. The van der Waals surface area contributed by atoms with Crippen LogP contribution in [0.4, 0.5) is 5.82 Å². The Morgan fingerprint density at radius 2 is 1.85 bits per heavy atom. The number of aromatic nitrogens is 3. The van der Waals surface area contributed by atoms with E-state index >= 15 is 0 Å². The van der Waals surface area contributed by atoms with Crippen LogP contribution >= 0.6 is 15.9 Å². The Bertz CT molecular complexity index is 950. The van der Waals surface area contributed by atoms with E-state index < -0.39 is 0 Å². The van der Waals surface area contributed by atoms with Crippen molar-refractivity contribution in [1.82, 2.24) is 15.0 Å². The molecule has 0 aliphatic rings. The monoisotopic (exact) mass is 408 g/mol. The number of nitrogens with one attached hydrogen (secondary N) is 1. The molecular formula is C20H17BrN4O. The lowest BCUT2D eigenvalue weighted by molar-refractivity contribution is 0.102. The minimum absolute atomic E-state index is 0.253. The third kappa shape index (κ3) is 4.03. The summed E-state index contributed by atoms with van der Waals surface area (Å²) < 4.78 is 1.02. The molecule has 0 saturated carbocycles. The summed E-state index contributed by atoms with van der Waals surface area (Å²) in [5.74, 6) is 0.144. The average Bonchev–Trinajstić information content (AvgIpc) is 2.65. The number of halogens is 1. The van der Waals surface area contributed by atoms with Crippen LogP contribution in [0.3, 0.4) is 0 Å². The molecule has 0 aliphatic carbocycles. The van der Waals surface area contributed by atoms with E-state index in [1.54, 1.807) is 24.7 Å². The number of allylic oxidation sites excluding steroid dienone is 1. The number of aryl methyl sites for hydroxylation is 1. The molecule has 1 aromatic carbocycles. The van der Waals surface area contributed by atoms with Gasteiger partial charge in [0.2, 0.25) is 0 Å². The average molecular weight is 409 g/mol. The highest BCUT2D eigenvalue weighted by molar-refractivity contribution is 9.10. The molecule has 0 spiro atoms. The van der Waals surface area contributed by atoms with E-state index in [0.29, 0.717) is 11.4 Å². The quantitative estimate of drug-likeness (QED) is 0.682. The number of hydrogen-bond donors (Lipinski definition) is 1. The van der Waals surface area contributed by atoms with Crippen molar-refractivity contribution in [3.05, 3.63) is 88.1 Å². The highest BCUT2D eigenvalue weighted by atomic mass is 79.9. The second kappa shape index (κ2) is 8.01. The molecule has 0 fully saturated rings. The van der Waals surface area contributed by atoms with Crippen LogP contribution in [0.5, 0.6) is 0 Å². The first kappa shape index (κ1) is 17.9. The summed E-state index contributed by atoms with van der Waals surface area (Å²) in [5, 5.41) is 2.75. The van der Waals surface area contributed by atoms with Gasteiger partial charge in [0, 0.05) is 22.4 Å². The van der Waals surface area contributed by atoms with Gasteiger partial charge in [-0.2, -0.15) is 0 Å². The zero-order valence-electron chi connectivity index (χ0n) is 14.4. The zero-order chi connectivity index (χ0) is 18.5. The van der Waals surface area contributed by atoms with Gasteiger partial charge >= 0.3 is 0 Å². The molecule has 0 unspecified atom stereocenters. The molecule has 0 bridgehead atoms. The molecule has 0 radical (unpaired) electrons. The van der Waals surface area contributed by atoms with Crippen LogP contribution in [0.15, 0.2) is 65.7 Å². The maximum Gasteiger partial charge on any atom is 0.258 e. The van der Waals surface area contributed by atoms with Crippen LogP contribution in [0.2, 0.25) is 0 Å². The number of nitrogens with zero attached hydrogens (tertiary/aromatic N) is 3. The maximum absolute atomic E-state index is 12.3. The van der Waals surface area contributed by atoms with E-state index in [9.17, 15) is 4.79 Å². The molecule has 6 heteroatoms. The van der Waals surface area contributed by atoms with Gasteiger partial charge in [-0.1, -0.05) is 34.1 Å². The van der Waals surface area contributed by atoms with Crippen molar-refractivity contribution in [3.8, 4) is 0 Å². The van der Waals surface area contributed by atoms with Crippen molar-refractivity contribution < 1.29 is 4.79 Å². The number of rotatable bonds is 4. The Morgan fingerprint density at radius 1 is 1.08 bits per heavy atom. The minimum atomic E-state index is -0.253. The molecule has 2 aromatic heterocycles. The van der Waals surface area contributed by atoms with Crippen LogP contribution < -0.4 is 5.32 Å². The normalized spacial score (nSPS) is 11.3. The van der Waals surface area contributed by atoms with E-state index in [0.717, 1.165) is 26.9 Å². The van der Waals surface area contributed by atoms with E-state index in [2.05, 4.69) is 36.2 Å². The van der Waals surface area contributed by atoms with Crippen LogP contribution in [-0.2, 0) is 0 Å². The van der Waals surface area contributed by atoms with Crippen molar-refractivity contribution in [3.63, 3.8) is 0 Å². The number of anilines is 1. The van der Waals surface area contributed by atoms with Crippen molar-refractivity contribution in [2.75, 3.05) is 5.32 Å². The van der Waals surface area contributed by atoms with Crippen LogP contribution in [0.1, 0.15) is 34.1 Å². The van der Waals surface area contributed by atoms with Gasteiger partial charge in [0.25, 0.3) is 5.91 Å². The number of hydrogen-bond acceptors (Lipinski definition) is 4. The topological polar surface area (TPSA) is 67.8 Å². The fourth-order valence-electron chi connectivity index (χ4n) is 2.51. The summed E-state index contributed by atoms with van der Waals surface area (Å²) in [5.41, 5.74) is 4.14. The fourth-order valence-corrected chi connectivity index (χ4v) is 2.77. The smallest absolute Gasteiger partial charge is 0.258 e. The standard InChI is InChI=1S/C20H17BrN4O/c1-3-16(14-4-6-15(21)7-5-14)18-11-24-19(12-23-18)25-20(26)17-10-22-9-8-13(17)2/h3-12H,1-2H3,(H,24,25,26). The van der Waals surface area contributed by atoms with Crippen LogP contribution in [0.25, 0.3) is 5.57 Å². The van der Waals surface area contributed by atoms with E-state index in [1.165, 1.54) is 6.20 Å². The molecule has 130 valence electrons. The Morgan fingerprint density at radius 3 is 2.46 bits per heavy atom. The van der Waals surface area contributed by atoms with Crippen molar-refractivity contribution in [2.45, 2.75) is 13.8 Å². The van der Waals surface area contributed by atoms with Crippen molar-refractivity contribution in [1.29, 1.82) is 0 Å². The van der Waals surface area contributed by atoms with E-state index in [4.69, 9.17) is 0 Å². The summed E-state index contributed by atoms with van der Waals surface area (Å²) in [6.07, 6.45) is 8.40. The third-order valence-corrected chi connectivity index (χ3v) is 4.43. The Hall–Kier alpha value is -2.86. The molecule has 0 atom stereocenters. The SMILES string of the molecule is CC=C(c1ccc(Br)cc1)c1cnc(NC(=O)c2cnccc2C)cn1. The number of benzene rings is 1. The van der Waals surface area contributed by atoms with Gasteiger partial charge in [0.15, 0.2) is 5.82 Å². The summed E-state index contributed by atoms with van der Waals surface area (Å²) in [4.78, 5) is 25.1. The van der Waals surface area contributed by atoms with Crippen LogP contribution in [0, 0.1) is 6.92 Å². The molecule has 3 rings (SSSR count). The number of amides is 1. The minimum Gasteiger partial charge on any atom is -0.305 e. The van der Waals surface area contributed by atoms with Gasteiger partial charge in [-0.3, -0.25) is 14.8 Å². The second-order valence-corrected chi connectivity index (χ2v) is 6.56. The summed E-state index contributed by atoms with van der Waals surface area (Å²) >= 11 is 3.44. The van der Waals surface area contributed by atoms with Gasteiger partial charge in [-0.25, -0.2) is 4.98 Å². The predicted molar refractivity (Wildman–Crippen MR) is 106 cm³/mol. The summed E-state index contributed by atoms with van der Waals surface area (Å²) in [7, 11) is 0. The lowest BCUT2D eigenvalue weighted by Gasteiger charge is -2.09. The molecule has 26 heavy (non-hydrogen) atoms. The fraction of sp³-hybridized carbons (Fsp3) is 0.100.